The molecule has 4 nitrogen and oxygen atoms in total. The molecule has 0 N–H and O–H groups in total. The number of hydrogen-bond donors (Lipinski definition) is 0. The van der Waals surface area contributed by atoms with E-state index in [1.165, 1.54) is 167 Å². The fraction of sp³-hybridized carbons (Fsp3) is 0.833. The maximum atomic E-state index is 13.7. The predicted octanol–water partition coefficient (Wildman–Crippen LogP) is 16.1. The van der Waals surface area contributed by atoms with E-state index in [0.29, 0.717) is 11.1 Å². The Hall–Kier alpha value is -1.84. The van der Waals surface area contributed by atoms with Gasteiger partial charge in [0.15, 0.2) is 0 Å². The van der Waals surface area contributed by atoms with Crippen LogP contribution in [-0.2, 0) is 9.47 Å². The molecule has 0 spiro atoms. The van der Waals surface area contributed by atoms with Crippen molar-refractivity contribution >= 4 is 11.9 Å². The van der Waals surface area contributed by atoms with Gasteiger partial charge in [-0.25, -0.2) is 9.59 Å². The quantitative estimate of drug-likeness (QED) is 0.0503. The van der Waals surface area contributed by atoms with Crippen LogP contribution in [0.1, 0.15) is 267 Å². The van der Waals surface area contributed by atoms with E-state index in [4.69, 9.17) is 9.47 Å². The van der Waals surface area contributed by atoms with Crippen LogP contribution in [0.5, 0.6) is 0 Å². The highest BCUT2D eigenvalue weighted by atomic mass is 16.5. The summed E-state index contributed by atoms with van der Waals surface area (Å²) < 4.78 is 12.5. The third kappa shape index (κ3) is 26.9. The van der Waals surface area contributed by atoms with Crippen molar-refractivity contribution < 1.29 is 19.1 Å². The first-order valence-corrected chi connectivity index (χ1v) is 23.1. The van der Waals surface area contributed by atoms with Crippen molar-refractivity contribution in [2.24, 2.45) is 0 Å². The van der Waals surface area contributed by atoms with Crippen LogP contribution in [0.2, 0.25) is 0 Å². The van der Waals surface area contributed by atoms with Gasteiger partial charge in [-0.05, 0) is 63.5 Å². The largest absolute Gasteiger partial charge is 0.459 e. The van der Waals surface area contributed by atoms with Gasteiger partial charge in [-0.2, -0.15) is 0 Å². The number of carbonyl (C=O) groups is 2. The first-order chi connectivity index (χ1) is 25.6. The molecule has 2 atom stereocenters. The first kappa shape index (κ1) is 48.2. The topological polar surface area (TPSA) is 52.6 Å². The summed E-state index contributed by atoms with van der Waals surface area (Å²) in [5, 5.41) is 0. The lowest BCUT2D eigenvalue weighted by Gasteiger charge is -2.21. The minimum Gasteiger partial charge on any atom is -0.459 e. The summed E-state index contributed by atoms with van der Waals surface area (Å²) in [7, 11) is 0. The lowest BCUT2D eigenvalue weighted by molar-refractivity contribution is 0.0201. The molecule has 0 aromatic heterocycles. The van der Waals surface area contributed by atoms with E-state index in [9.17, 15) is 9.59 Å². The minimum absolute atomic E-state index is 0.0978. The summed E-state index contributed by atoms with van der Waals surface area (Å²) in [4.78, 5) is 27.5. The number of esters is 2. The van der Waals surface area contributed by atoms with Crippen LogP contribution in [0.4, 0.5) is 0 Å². The van der Waals surface area contributed by atoms with Gasteiger partial charge in [0, 0.05) is 0 Å². The van der Waals surface area contributed by atoms with Crippen molar-refractivity contribution in [1.82, 2.24) is 0 Å². The Kier molecular flexibility index (Phi) is 33.5. The second-order valence-corrected chi connectivity index (χ2v) is 15.9. The van der Waals surface area contributed by atoms with Crippen molar-refractivity contribution in [3.8, 4) is 0 Å². The first-order valence-electron chi connectivity index (χ1n) is 23.1. The van der Waals surface area contributed by atoms with E-state index in [2.05, 4.69) is 27.7 Å². The zero-order valence-electron chi connectivity index (χ0n) is 35.1. The monoisotopic (exact) mass is 727 g/mol. The molecule has 0 bridgehead atoms. The third-order valence-electron chi connectivity index (χ3n) is 10.9. The Morgan fingerprint density at radius 2 is 0.577 bits per heavy atom. The zero-order chi connectivity index (χ0) is 37.7. The Morgan fingerprint density at radius 1 is 0.365 bits per heavy atom. The minimum atomic E-state index is -0.369. The van der Waals surface area contributed by atoms with Crippen LogP contribution in [0.25, 0.3) is 0 Å². The summed E-state index contributed by atoms with van der Waals surface area (Å²) >= 11 is 0. The van der Waals surface area contributed by atoms with Gasteiger partial charge in [0.2, 0.25) is 0 Å². The smallest absolute Gasteiger partial charge is 0.339 e. The maximum absolute atomic E-state index is 13.7. The highest BCUT2D eigenvalue weighted by Gasteiger charge is 2.24. The summed E-state index contributed by atoms with van der Waals surface area (Å²) in [6, 6.07) is 7.19. The van der Waals surface area contributed by atoms with E-state index in [1.807, 2.05) is 12.1 Å². The van der Waals surface area contributed by atoms with E-state index in [1.54, 1.807) is 12.1 Å². The number of benzene rings is 1. The predicted molar refractivity (Wildman–Crippen MR) is 225 cm³/mol. The molecular weight excluding hydrogens is 641 g/mol. The summed E-state index contributed by atoms with van der Waals surface area (Å²) in [6.07, 6.45) is 41.2. The number of carbonyl (C=O) groups excluding carboxylic acids is 2. The molecule has 0 heterocycles. The van der Waals surface area contributed by atoms with Gasteiger partial charge in [-0.15, -0.1) is 0 Å². The van der Waals surface area contributed by atoms with Crippen LogP contribution in [0.3, 0.4) is 0 Å². The van der Waals surface area contributed by atoms with E-state index in [-0.39, 0.29) is 24.1 Å². The fourth-order valence-electron chi connectivity index (χ4n) is 7.46. The standard InChI is InChI=1S/C48H86O4/c1-5-9-13-17-21-25-29-33-39-43(37-31-27-23-19-15-11-7-3)51-47(49)45-41-35-36-42-46(45)48(50)52-44(38-32-28-24-20-16-12-8-4)40-34-30-26-22-18-14-10-6-2/h35-36,41-44H,5-34,37-40H2,1-4H3. The number of ether oxygens (including phenoxy) is 2. The molecule has 52 heavy (non-hydrogen) atoms. The van der Waals surface area contributed by atoms with Crippen molar-refractivity contribution in [1.29, 1.82) is 0 Å². The van der Waals surface area contributed by atoms with Crippen molar-refractivity contribution in [2.75, 3.05) is 0 Å². The molecule has 0 aliphatic carbocycles. The molecule has 0 radical (unpaired) electrons. The van der Waals surface area contributed by atoms with Gasteiger partial charge in [0.25, 0.3) is 0 Å². The van der Waals surface area contributed by atoms with Crippen molar-refractivity contribution in [3.05, 3.63) is 35.4 Å². The Morgan fingerprint density at radius 3 is 0.808 bits per heavy atom. The molecule has 1 aromatic rings. The summed E-state index contributed by atoms with van der Waals surface area (Å²) in [6.45, 7) is 9.05. The van der Waals surface area contributed by atoms with Crippen LogP contribution in [0.15, 0.2) is 24.3 Å². The SMILES string of the molecule is CCCCCCCCCCC(CCCCCCCCC)OC(=O)c1ccccc1C(=O)OC(CCCCCCCCC)CCCCCCCCCC. The molecule has 0 saturated carbocycles. The maximum Gasteiger partial charge on any atom is 0.339 e. The molecule has 302 valence electrons. The van der Waals surface area contributed by atoms with Gasteiger partial charge in [-0.1, -0.05) is 207 Å². The van der Waals surface area contributed by atoms with Crippen LogP contribution >= 0.6 is 0 Å². The number of rotatable bonds is 38. The van der Waals surface area contributed by atoms with Crippen molar-refractivity contribution in [2.45, 2.75) is 258 Å². The molecule has 0 aliphatic heterocycles. The molecule has 0 aliphatic rings. The lowest BCUT2D eigenvalue weighted by Crippen LogP contribution is -2.23. The zero-order valence-corrected chi connectivity index (χ0v) is 35.1. The molecule has 2 unspecified atom stereocenters. The Bertz CT molecular complexity index is 867. The normalized spacial score (nSPS) is 12.5. The van der Waals surface area contributed by atoms with Crippen LogP contribution < -0.4 is 0 Å². The lowest BCUT2D eigenvalue weighted by atomic mass is 10.0. The van der Waals surface area contributed by atoms with Gasteiger partial charge in [0.1, 0.15) is 12.2 Å². The molecule has 0 amide bonds. The second-order valence-electron chi connectivity index (χ2n) is 15.9. The average Bonchev–Trinajstić information content (AvgIpc) is 3.15. The third-order valence-corrected chi connectivity index (χ3v) is 10.9. The molecule has 0 fully saturated rings. The number of hydrogen-bond acceptors (Lipinski definition) is 4. The van der Waals surface area contributed by atoms with Gasteiger partial charge >= 0.3 is 11.9 Å². The van der Waals surface area contributed by atoms with E-state index < -0.39 is 0 Å². The summed E-state index contributed by atoms with van der Waals surface area (Å²) in [5.41, 5.74) is 0.712. The molecule has 0 saturated heterocycles. The van der Waals surface area contributed by atoms with E-state index >= 15 is 0 Å². The Labute approximate surface area is 323 Å². The number of unbranched alkanes of at least 4 members (excludes halogenated alkanes) is 26. The molecule has 1 aromatic carbocycles. The fourth-order valence-corrected chi connectivity index (χ4v) is 7.46. The highest BCUT2D eigenvalue weighted by Crippen LogP contribution is 2.23. The molecule has 1 rings (SSSR count). The second kappa shape index (κ2) is 36.2. The van der Waals surface area contributed by atoms with E-state index in [0.717, 1.165) is 51.4 Å². The molecule has 4 heteroatoms. The Balaban J connectivity index is 2.82. The van der Waals surface area contributed by atoms with Gasteiger partial charge < -0.3 is 9.47 Å². The van der Waals surface area contributed by atoms with Crippen molar-refractivity contribution in [3.63, 3.8) is 0 Å². The average molecular weight is 727 g/mol. The van der Waals surface area contributed by atoms with Gasteiger partial charge in [-0.3, -0.25) is 0 Å². The van der Waals surface area contributed by atoms with Crippen LogP contribution in [-0.4, -0.2) is 24.1 Å². The summed E-state index contributed by atoms with van der Waals surface area (Å²) in [5.74, 6) is -0.737. The van der Waals surface area contributed by atoms with Crippen LogP contribution in [0, 0.1) is 0 Å². The highest BCUT2D eigenvalue weighted by molar-refractivity contribution is 6.03. The molecular formula is C48H86O4. The van der Waals surface area contributed by atoms with Gasteiger partial charge in [0.05, 0.1) is 11.1 Å².